The van der Waals surface area contributed by atoms with E-state index in [4.69, 9.17) is 4.42 Å². The summed E-state index contributed by atoms with van der Waals surface area (Å²) < 4.78 is 33.3. The normalized spacial score (nSPS) is 18.2. The topological polar surface area (TPSA) is 93.4 Å². The second-order valence-corrected chi connectivity index (χ2v) is 9.59. The molecule has 28 heavy (non-hydrogen) atoms. The van der Waals surface area contributed by atoms with Crippen LogP contribution in [0.15, 0.2) is 51.1 Å². The van der Waals surface area contributed by atoms with Gasteiger partial charge in [-0.3, -0.25) is 4.79 Å². The zero-order chi connectivity index (χ0) is 19.7. The predicted molar refractivity (Wildman–Crippen MR) is 105 cm³/mol. The summed E-state index contributed by atoms with van der Waals surface area (Å²) in [5.41, 5.74) is 0.488. The summed E-state index contributed by atoms with van der Waals surface area (Å²) in [6.45, 7) is 2.19. The van der Waals surface area contributed by atoms with E-state index in [0.29, 0.717) is 36.9 Å². The molecular formula is C19H19N3O4S2. The third-order valence-electron chi connectivity index (χ3n) is 4.80. The number of sulfonamides is 1. The fraction of sp³-hybridized carbons (Fsp3) is 0.316. The van der Waals surface area contributed by atoms with E-state index in [0.717, 1.165) is 11.3 Å². The highest BCUT2D eigenvalue weighted by molar-refractivity contribution is 7.89. The van der Waals surface area contributed by atoms with Gasteiger partial charge in [-0.2, -0.15) is 4.31 Å². The van der Waals surface area contributed by atoms with Crippen molar-refractivity contribution >= 4 is 27.1 Å². The molecule has 4 rings (SSSR count). The van der Waals surface area contributed by atoms with Gasteiger partial charge in [0.15, 0.2) is 5.78 Å². The summed E-state index contributed by atoms with van der Waals surface area (Å²) in [7, 11) is -3.65. The Labute approximate surface area is 167 Å². The average molecular weight is 418 g/mol. The van der Waals surface area contributed by atoms with Crippen LogP contribution in [0.1, 0.15) is 41.9 Å². The molecule has 0 radical (unpaired) electrons. The summed E-state index contributed by atoms with van der Waals surface area (Å²) in [6.07, 6.45) is 1.51. The van der Waals surface area contributed by atoms with Crippen molar-refractivity contribution in [3.05, 3.63) is 53.2 Å². The minimum absolute atomic E-state index is 0.0973. The zero-order valence-electron chi connectivity index (χ0n) is 15.2. The van der Waals surface area contributed by atoms with Gasteiger partial charge >= 0.3 is 0 Å². The summed E-state index contributed by atoms with van der Waals surface area (Å²) in [5.74, 6) is 0.696. The maximum atomic E-state index is 13.0. The molecule has 2 aromatic heterocycles. The van der Waals surface area contributed by atoms with E-state index in [9.17, 15) is 13.2 Å². The maximum absolute atomic E-state index is 13.0. The number of aromatic nitrogens is 2. The maximum Gasteiger partial charge on any atom is 0.257 e. The first-order chi connectivity index (χ1) is 13.4. The molecule has 1 saturated heterocycles. The molecule has 0 saturated carbocycles. The van der Waals surface area contributed by atoms with Crippen molar-refractivity contribution in [2.45, 2.75) is 30.6 Å². The second kappa shape index (κ2) is 7.57. The Kier molecular flexibility index (Phi) is 5.13. The standard InChI is InChI=1S/C19H19N3O4S2/c1-13(23)14-6-8-16(9-7-14)28(24,25)22-10-2-4-15(12-22)18-20-21-19(26-18)17-5-3-11-27-17/h3,5-9,11,15H,2,4,10,12H2,1H3. The Morgan fingerprint density at radius 3 is 2.68 bits per heavy atom. The lowest BCUT2D eigenvalue weighted by atomic mass is 10.00. The van der Waals surface area contributed by atoms with E-state index in [1.54, 1.807) is 12.1 Å². The van der Waals surface area contributed by atoms with Crippen molar-refractivity contribution in [2.24, 2.45) is 0 Å². The minimum atomic E-state index is -3.65. The fourth-order valence-corrected chi connectivity index (χ4v) is 5.44. The number of carbonyl (C=O) groups excluding carboxylic acids is 1. The summed E-state index contributed by atoms with van der Waals surface area (Å²) >= 11 is 1.51. The van der Waals surface area contributed by atoms with Crippen LogP contribution in [0.3, 0.4) is 0 Å². The Balaban J connectivity index is 1.54. The van der Waals surface area contributed by atoms with Gasteiger partial charge < -0.3 is 4.42 Å². The lowest BCUT2D eigenvalue weighted by Gasteiger charge is -2.30. The van der Waals surface area contributed by atoms with E-state index < -0.39 is 10.0 Å². The summed E-state index contributed by atoms with van der Waals surface area (Å²) in [6, 6.07) is 9.87. The molecule has 1 aliphatic heterocycles. The number of piperidine rings is 1. The van der Waals surface area contributed by atoms with Gasteiger partial charge in [-0.1, -0.05) is 18.2 Å². The third-order valence-corrected chi connectivity index (χ3v) is 7.54. The number of thiophene rings is 1. The van der Waals surface area contributed by atoms with Gasteiger partial charge in [-0.15, -0.1) is 21.5 Å². The molecule has 0 N–H and O–H groups in total. The monoisotopic (exact) mass is 417 g/mol. The molecular weight excluding hydrogens is 398 g/mol. The first kappa shape index (κ1) is 19.0. The number of nitrogens with zero attached hydrogens (tertiary/aromatic N) is 3. The minimum Gasteiger partial charge on any atom is -0.420 e. The van der Waals surface area contributed by atoms with Crippen LogP contribution in [0.5, 0.6) is 0 Å². The lowest BCUT2D eigenvalue weighted by molar-refractivity contribution is 0.101. The van der Waals surface area contributed by atoms with Gasteiger partial charge in [0.2, 0.25) is 15.9 Å². The average Bonchev–Trinajstić information content (AvgIpc) is 3.40. The highest BCUT2D eigenvalue weighted by atomic mass is 32.2. The van der Waals surface area contributed by atoms with Crippen LogP contribution in [-0.4, -0.2) is 41.8 Å². The molecule has 1 aliphatic rings. The van der Waals surface area contributed by atoms with Crippen molar-refractivity contribution in [1.82, 2.24) is 14.5 Å². The number of hydrogen-bond acceptors (Lipinski definition) is 7. The van der Waals surface area contributed by atoms with Gasteiger partial charge in [0, 0.05) is 18.7 Å². The predicted octanol–water partition coefficient (Wildman–Crippen LogP) is 3.57. The molecule has 0 aliphatic carbocycles. The molecule has 1 aromatic carbocycles. The van der Waals surface area contributed by atoms with E-state index in [2.05, 4.69) is 10.2 Å². The van der Waals surface area contributed by atoms with Crippen LogP contribution >= 0.6 is 11.3 Å². The summed E-state index contributed by atoms with van der Waals surface area (Å²) in [4.78, 5) is 12.5. The van der Waals surface area contributed by atoms with Crippen LogP contribution in [0.2, 0.25) is 0 Å². The number of carbonyl (C=O) groups is 1. The molecule has 7 nitrogen and oxygen atoms in total. The first-order valence-corrected chi connectivity index (χ1v) is 11.3. The quantitative estimate of drug-likeness (QED) is 0.589. The summed E-state index contributed by atoms with van der Waals surface area (Å²) in [5, 5.41) is 10.2. The molecule has 1 unspecified atom stereocenters. The number of benzene rings is 1. The van der Waals surface area contributed by atoms with E-state index in [1.807, 2.05) is 17.5 Å². The smallest absolute Gasteiger partial charge is 0.257 e. The molecule has 1 atom stereocenters. The molecule has 3 aromatic rings. The number of Topliss-reactive ketones (excluding diaryl/α,β-unsaturated/α-hetero) is 1. The molecule has 0 bridgehead atoms. The molecule has 3 heterocycles. The molecule has 0 spiro atoms. The Morgan fingerprint density at radius 2 is 2.00 bits per heavy atom. The van der Waals surface area contributed by atoms with Crippen molar-refractivity contribution in [3.63, 3.8) is 0 Å². The highest BCUT2D eigenvalue weighted by Crippen LogP contribution is 2.32. The SMILES string of the molecule is CC(=O)c1ccc(S(=O)(=O)N2CCCC(c3nnc(-c4cccs4)o3)C2)cc1. The molecule has 9 heteroatoms. The van der Waals surface area contributed by atoms with Gasteiger partial charge in [-0.25, -0.2) is 8.42 Å². The van der Waals surface area contributed by atoms with Gasteiger partial charge in [0.05, 0.1) is 15.7 Å². The molecule has 0 amide bonds. The number of hydrogen-bond donors (Lipinski definition) is 0. The van der Waals surface area contributed by atoms with Gasteiger partial charge in [-0.05, 0) is 43.3 Å². The Morgan fingerprint density at radius 1 is 1.21 bits per heavy atom. The first-order valence-electron chi connectivity index (χ1n) is 8.93. The van der Waals surface area contributed by atoms with Crippen molar-refractivity contribution < 1.29 is 17.6 Å². The zero-order valence-corrected chi connectivity index (χ0v) is 16.9. The largest absolute Gasteiger partial charge is 0.420 e. The highest BCUT2D eigenvalue weighted by Gasteiger charge is 2.33. The molecule has 1 fully saturated rings. The van der Waals surface area contributed by atoms with Gasteiger partial charge in [0.25, 0.3) is 5.89 Å². The fourth-order valence-electron chi connectivity index (χ4n) is 3.27. The second-order valence-electron chi connectivity index (χ2n) is 6.71. The Hall–Kier alpha value is -2.36. The van der Waals surface area contributed by atoms with E-state index in [1.165, 1.54) is 34.7 Å². The lowest BCUT2D eigenvalue weighted by Crippen LogP contribution is -2.39. The third kappa shape index (κ3) is 3.65. The van der Waals surface area contributed by atoms with Crippen LogP contribution in [0.4, 0.5) is 0 Å². The molecule has 146 valence electrons. The van der Waals surface area contributed by atoms with Crippen molar-refractivity contribution in [1.29, 1.82) is 0 Å². The number of ketones is 1. The van der Waals surface area contributed by atoms with E-state index in [-0.39, 0.29) is 16.6 Å². The van der Waals surface area contributed by atoms with Crippen LogP contribution < -0.4 is 0 Å². The van der Waals surface area contributed by atoms with E-state index >= 15 is 0 Å². The van der Waals surface area contributed by atoms with Crippen LogP contribution in [0, 0.1) is 0 Å². The van der Waals surface area contributed by atoms with Gasteiger partial charge in [0.1, 0.15) is 0 Å². The Bertz CT molecular complexity index is 1070. The van der Waals surface area contributed by atoms with Crippen LogP contribution in [-0.2, 0) is 10.0 Å². The van der Waals surface area contributed by atoms with Crippen molar-refractivity contribution in [2.75, 3.05) is 13.1 Å². The van der Waals surface area contributed by atoms with Crippen molar-refractivity contribution in [3.8, 4) is 10.8 Å². The number of rotatable bonds is 5. The van der Waals surface area contributed by atoms with Crippen LogP contribution in [0.25, 0.3) is 10.8 Å².